The first kappa shape index (κ1) is 28.5. The number of carboxylic acids is 1. The van der Waals surface area contributed by atoms with Gasteiger partial charge in [0.2, 0.25) is 0 Å². The molecule has 0 aliphatic rings. The van der Waals surface area contributed by atoms with E-state index in [1.54, 1.807) is 0 Å². The maximum atomic E-state index is 11.7. The Morgan fingerprint density at radius 2 is 1.12 bits per heavy atom. The molecular weight excluding hydrogens is 396 g/mol. The molecule has 0 heterocycles. The van der Waals surface area contributed by atoms with E-state index in [1.165, 1.54) is 89.9 Å². The third-order valence-corrected chi connectivity index (χ3v) is 6.44. The number of unbranched alkanes of at least 4 members (excludes halogenated alkanes) is 15. The van der Waals surface area contributed by atoms with E-state index in [0.717, 1.165) is 43.6 Å². The average molecular weight is 447 g/mol. The third kappa shape index (κ3) is 14.5. The first-order valence-electron chi connectivity index (χ1n) is 13.6. The zero-order valence-corrected chi connectivity index (χ0v) is 21.1. The molecule has 0 amide bonds. The largest absolute Gasteiger partial charge is 0.494 e. The zero-order valence-electron chi connectivity index (χ0n) is 21.1. The molecule has 0 bridgehead atoms. The lowest BCUT2D eigenvalue weighted by Gasteiger charge is -2.14. The van der Waals surface area contributed by atoms with Crippen LogP contribution in [0.4, 0.5) is 0 Å². The molecule has 0 radical (unpaired) electrons. The van der Waals surface area contributed by atoms with E-state index in [-0.39, 0.29) is 0 Å². The van der Waals surface area contributed by atoms with Gasteiger partial charge in [-0.25, -0.2) is 0 Å². The number of carboxylic acid groups (broad SMARTS) is 1. The van der Waals surface area contributed by atoms with Crippen molar-refractivity contribution in [3.8, 4) is 5.75 Å². The Bertz CT molecular complexity index is 552. The summed E-state index contributed by atoms with van der Waals surface area (Å²) in [4.78, 5) is 11.7. The molecule has 1 N–H and O–H groups in total. The Balaban J connectivity index is 2.14. The topological polar surface area (TPSA) is 46.5 Å². The summed E-state index contributed by atoms with van der Waals surface area (Å²) in [5.74, 6) is -0.264. The van der Waals surface area contributed by atoms with Crippen LogP contribution >= 0.6 is 0 Å². The van der Waals surface area contributed by atoms with E-state index in [9.17, 15) is 9.90 Å². The number of benzene rings is 1. The normalized spacial score (nSPS) is 12.1. The van der Waals surface area contributed by atoms with Crippen LogP contribution in [0.2, 0.25) is 0 Å². The van der Waals surface area contributed by atoms with Crippen molar-refractivity contribution >= 4 is 5.97 Å². The fourth-order valence-corrected chi connectivity index (χ4v) is 4.31. The van der Waals surface area contributed by atoms with Crippen molar-refractivity contribution in [1.29, 1.82) is 0 Å². The van der Waals surface area contributed by atoms with Gasteiger partial charge in [-0.3, -0.25) is 4.79 Å². The summed E-state index contributed by atoms with van der Waals surface area (Å²) in [5, 5.41) is 9.63. The Labute approximate surface area is 198 Å². The molecule has 0 aliphatic carbocycles. The van der Waals surface area contributed by atoms with Crippen LogP contribution in [0.15, 0.2) is 24.3 Å². The van der Waals surface area contributed by atoms with Crippen molar-refractivity contribution in [2.75, 3.05) is 6.61 Å². The van der Waals surface area contributed by atoms with Crippen LogP contribution in [-0.2, 0) is 4.79 Å². The van der Waals surface area contributed by atoms with Crippen molar-refractivity contribution in [3.63, 3.8) is 0 Å². The standard InChI is InChI=1S/C29H50O3/c1-3-5-7-9-11-12-13-14-15-17-19-25-32-27-23-21-26(22-24-27)28(29(30)31)20-18-16-10-8-6-4-2/h21-24,28H,3-20,25H2,1-2H3,(H,30,31). The van der Waals surface area contributed by atoms with E-state index < -0.39 is 11.9 Å². The SMILES string of the molecule is CCCCCCCCCCCCCOc1ccc(C(CCCCCCCC)C(=O)O)cc1. The minimum absolute atomic E-state index is 0.401. The lowest BCUT2D eigenvalue weighted by Crippen LogP contribution is -2.11. The third-order valence-electron chi connectivity index (χ3n) is 6.44. The van der Waals surface area contributed by atoms with E-state index in [4.69, 9.17) is 4.74 Å². The smallest absolute Gasteiger partial charge is 0.310 e. The van der Waals surface area contributed by atoms with Crippen LogP contribution in [0, 0.1) is 0 Å². The van der Waals surface area contributed by atoms with Gasteiger partial charge in [0, 0.05) is 0 Å². The molecule has 0 saturated heterocycles. The number of hydrogen-bond acceptors (Lipinski definition) is 2. The molecular formula is C29H50O3. The molecule has 0 fully saturated rings. The highest BCUT2D eigenvalue weighted by Crippen LogP contribution is 2.25. The average Bonchev–Trinajstić information content (AvgIpc) is 2.79. The van der Waals surface area contributed by atoms with Crippen molar-refractivity contribution < 1.29 is 14.6 Å². The van der Waals surface area contributed by atoms with Crippen LogP contribution in [0.25, 0.3) is 0 Å². The molecule has 3 heteroatoms. The molecule has 184 valence electrons. The minimum atomic E-state index is -0.715. The molecule has 0 saturated carbocycles. The molecule has 1 atom stereocenters. The van der Waals surface area contributed by atoms with E-state index >= 15 is 0 Å². The first-order valence-corrected chi connectivity index (χ1v) is 13.6. The fraction of sp³-hybridized carbons (Fsp3) is 0.759. The maximum absolute atomic E-state index is 11.7. The number of ether oxygens (including phenoxy) is 1. The predicted octanol–water partition coefficient (Wildman–Crippen LogP) is 9.30. The van der Waals surface area contributed by atoms with Crippen LogP contribution in [-0.4, -0.2) is 17.7 Å². The summed E-state index contributed by atoms with van der Waals surface area (Å²) < 4.78 is 5.87. The molecule has 3 nitrogen and oxygen atoms in total. The van der Waals surface area contributed by atoms with Gasteiger partial charge in [-0.15, -0.1) is 0 Å². The Morgan fingerprint density at radius 3 is 1.59 bits per heavy atom. The first-order chi connectivity index (χ1) is 15.7. The monoisotopic (exact) mass is 446 g/mol. The van der Waals surface area contributed by atoms with Crippen LogP contribution in [0.5, 0.6) is 5.75 Å². The van der Waals surface area contributed by atoms with E-state index in [1.807, 2.05) is 24.3 Å². The van der Waals surface area contributed by atoms with Gasteiger partial charge in [0.05, 0.1) is 12.5 Å². The molecule has 32 heavy (non-hydrogen) atoms. The van der Waals surface area contributed by atoms with Crippen molar-refractivity contribution in [1.82, 2.24) is 0 Å². The number of aliphatic carboxylic acids is 1. The quantitative estimate of drug-likeness (QED) is 0.180. The lowest BCUT2D eigenvalue weighted by molar-refractivity contribution is -0.139. The summed E-state index contributed by atoms with van der Waals surface area (Å²) >= 11 is 0. The second kappa shape index (κ2) is 20.1. The Kier molecular flexibility index (Phi) is 17.9. The second-order valence-electron chi connectivity index (χ2n) is 9.40. The summed E-state index contributed by atoms with van der Waals surface area (Å²) in [6.07, 6.45) is 22.5. The van der Waals surface area contributed by atoms with Gasteiger partial charge in [-0.1, -0.05) is 129 Å². The van der Waals surface area contributed by atoms with Gasteiger partial charge >= 0.3 is 5.97 Å². The van der Waals surface area contributed by atoms with Crippen molar-refractivity contribution in [2.24, 2.45) is 0 Å². The van der Waals surface area contributed by atoms with Gasteiger partial charge in [0.25, 0.3) is 0 Å². The van der Waals surface area contributed by atoms with Crippen molar-refractivity contribution in [3.05, 3.63) is 29.8 Å². The number of carbonyl (C=O) groups is 1. The molecule has 0 spiro atoms. The lowest BCUT2D eigenvalue weighted by atomic mass is 9.93. The number of hydrogen-bond donors (Lipinski definition) is 1. The predicted molar refractivity (Wildman–Crippen MR) is 137 cm³/mol. The summed E-state index contributed by atoms with van der Waals surface area (Å²) in [6, 6.07) is 7.74. The maximum Gasteiger partial charge on any atom is 0.310 e. The van der Waals surface area contributed by atoms with Gasteiger partial charge in [-0.2, -0.15) is 0 Å². The molecule has 0 aromatic heterocycles. The van der Waals surface area contributed by atoms with E-state index in [2.05, 4.69) is 13.8 Å². The van der Waals surface area contributed by atoms with Gasteiger partial charge in [-0.05, 0) is 30.5 Å². The Morgan fingerprint density at radius 1 is 0.688 bits per heavy atom. The summed E-state index contributed by atoms with van der Waals surface area (Å²) in [6.45, 7) is 5.23. The van der Waals surface area contributed by atoms with Gasteiger partial charge < -0.3 is 9.84 Å². The van der Waals surface area contributed by atoms with Crippen molar-refractivity contribution in [2.45, 2.75) is 135 Å². The molecule has 1 aromatic carbocycles. The Hall–Kier alpha value is -1.51. The molecule has 1 rings (SSSR count). The molecule has 0 aliphatic heterocycles. The van der Waals surface area contributed by atoms with Crippen LogP contribution in [0.3, 0.4) is 0 Å². The van der Waals surface area contributed by atoms with Crippen LogP contribution < -0.4 is 4.74 Å². The molecule has 1 unspecified atom stereocenters. The van der Waals surface area contributed by atoms with Gasteiger partial charge in [0.15, 0.2) is 0 Å². The number of rotatable bonds is 22. The highest BCUT2D eigenvalue weighted by molar-refractivity contribution is 5.76. The fourth-order valence-electron chi connectivity index (χ4n) is 4.31. The zero-order chi connectivity index (χ0) is 23.3. The highest BCUT2D eigenvalue weighted by Gasteiger charge is 2.19. The summed E-state index contributed by atoms with van der Waals surface area (Å²) in [7, 11) is 0. The summed E-state index contributed by atoms with van der Waals surface area (Å²) in [5.41, 5.74) is 0.896. The minimum Gasteiger partial charge on any atom is -0.494 e. The second-order valence-corrected chi connectivity index (χ2v) is 9.40. The van der Waals surface area contributed by atoms with E-state index in [0.29, 0.717) is 0 Å². The highest BCUT2D eigenvalue weighted by atomic mass is 16.5. The molecule has 1 aromatic rings. The van der Waals surface area contributed by atoms with Gasteiger partial charge in [0.1, 0.15) is 5.75 Å². The van der Waals surface area contributed by atoms with Crippen LogP contribution in [0.1, 0.15) is 141 Å².